The summed E-state index contributed by atoms with van der Waals surface area (Å²) in [6, 6.07) is 10.2. The minimum Gasteiger partial charge on any atom is -0.508 e. The van der Waals surface area contributed by atoms with E-state index in [9.17, 15) is 20.1 Å². The van der Waals surface area contributed by atoms with E-state index in [-0.39, 0.29) is 28.2 Å². The average Bonchev–Trinajstić information content (AvgIpc) is 2.38. The van der Waals surface area contributed by atoms with Crippen molar-refractivity contribution in [1.29, 1.82) is 0 Å². The Bertz CT molecular complexity index is 847. The maximum absolute atomic E-state index is 11.3. The first kappa shape index (κ1) is 12.1. The number of phenolic OH excluding ortho intramolecular Hbond substituents is 2. The minimum absolute atomic E-state index is 0.0899. The van der Waals surface area contributed by atoms with Gasteiger partial charge in [-0.15, -0.1) is 0 Å². The normalized spacial score (nSPS) is 10.8. The van der Waals surface area contributed by atoms with Gasteiger partial charge in [0, 0.05) is 0 Å². The standard InChI is InChI=1S/C15H10O5/c16-10-3-1-8(2-4-10)9-5-11(17)15-12(18)7-14(19)20-13(15)6-9/h1-7,16-18H. The molecule has 3 N–H and O–H groups in total. The Kier molecular flexibility index (Phi) is 2.61. The van der Waals surface area contributed by atoms with Gasteiger partial charge in [-0.1, -0.05) is 12.1 Å². The van der Waals surface area contributed by atoms with Crippen LogP contribution in [0.5, 0.6) is 17.2 Å². The molecule has 1 aromatic heterocycles. The molecule has 0 spiro atoms. The Labute approximate surface area is 113 Å². The molecular weight excluding hydrogens is 260 g/mol. The monoisotopic (exact) mass is 270 g/mol. The van der Waals surface area contributed by atoms with Crippen molar-refractivity contribution in [2.45, 2.75) is 0 Å². The molecule has 20 heavy (non-hydrogen) atoms. The van der Waals surface area contributed by atoms with Gasteiger partial charge in [0.2, 0.25) is 0 Å². The van der Waals surface area contributed by atoms with Gasteiger partial charge in [-0.3, -0.25) is 0 Å². The van der Waals surface area contributed by atoms with Crippen molar-refractivity contribution in [2.24, 2.45) is 0 Å². The van der Waals surface area contributed by atoms with E-state index in [1.165, 1.54) is 18.2 Å². The third kappa shape index (κ3) is 1.95. The average molecular weight is 270 g/mol. The van der Waals surface area contributed by atoms with E-state index in [0.29, 0.717) is 5.56 Å². The number of benzene rings is 2. The van der Waals surface area contributed by atoms with Crippen LogP contribution in [0.1, 0.15) is 0 Å². The van der Waals surface area contributed by atoms with Gasteiger partial charge in [0.15, 0.2) is 0 Å². The molecule has 100 valence electrons. The Hall–Kier alpha value is -2.95. The van der Waals surface area contributed by atoms with Crippen LogP contribution >= 0.6 is 0 Å². The zero-order valence-corrected chi connectivity index (χ0v) is 10.2. The van der Waals surface area contributed by atoms with Crippen molar-refractivity contribution in [2.75, 3.05) is 0 Å². The summed E-state index contributed by atoms with van der Waals surface area (Å²) in [7, 11) is 0. The first-order valence-electron chi connectivity index (χ1n) is 5.84. The fourth-order valence-corrected chi connectivity index (χ4v) is 2.08. The quantitative estimate of drug-likeness (QED) is 0.591. The maximum Gasteiger partial charge on any atom is 0.339 e. The Morgan fingerprint density at radius 2 is 1.45 bits per heavy atom. The van der Waals surface area contributed by atoms with E-state index in [0.717, 1.165) is 11.6 Å². The molecule has 1 heterocycles. The molecule has 2 aromatic carbocycles. The van der Waals surface area contributed by atoms with Crippen LogP contribution in [0.4, 0.5) is 0 Å². The molecule has 0 unspecified atom stereocenters. The molecule has 0 saturated heterocycles. The van der Waals surface area contributed by atoms with Gasteiger partial charge in [0.05, 0.1) is 6.07 Å². The highest BCUT2D eigenvalue weighted by atomic mass is 16.4. The summed E-state index contributed by atoms with van der Waals surface area (Å²) in [5.41, 5.74) is 0.727. The topological polar surface area (TPSA) is 90.9 Å². The molecule has 0 aliphatic rings. The van der Waals surface area contributed by atoms with E-state index in [1.54, 1.807) is 18.2 Å². The molecule has 0 amide bonds. The smallest absolute Gasteiger partial charge is 0.339 e. The molecule has 0 radical (unpaired) electrons. The summed E-state index contributed by atoms with van der Waals surface area (Å²) in [5.74, 6) is -0.388. The molecular formula is C15H10O5. The first-order chi connectivity index (χ1) is 9.54. The summed E-state index contributed by atoms with van der Waals surface area (Å²) >= 11 is 0. The van der Waals surface area contributed by atoms with Crippen LogP contribution in [0.25, 0.3) is 22.1 Å². The van der Waals surface area contributed by atoms with Crippen molar-refractivity contribution < 1.29 is 19.7 Å². The summed E-state index contributed by atoms with van der Waals surface area (Å²) in [4.78, 5) is 11.3. The zero-order chi connectivity index (χ0) is 14.3. The summed E-state index contributed by atoms with van der Waals surface area (Å²) in [6.07, 6.45) is 0. The third-order valence-electron chi connectivity index (χ3n) is 3.00. The van der Waals surface area contributed by atoms with E-state index in [1.807, 2.05) is 0 Å². The van der Waals surface area contributed by atoms with Crippen molar-refractivity contribution in [3.05, 3.63) is 52.9 Å². The molecule has 3 rings (SSSR count). The van der Waals surface area contributed by atoms with E-state index in [2.05, 4.69) is 0 Å². The lowest BCUT2D eigenvalue weighted by Gasteiger charge is -2.07. The highest BCUT2D eigenvalue weighted by Crippen LogP contribution is 2.36. The second kappa shape index (κ2) is 4.31. The second-order valence-corrected chi connectivity index (χ2v) is 4.37. The second-order valence-electron chi connectivity index (χ2n) is 4.37. The van der Waals surface area contributed by atoms with Gasteiger partial charge < -0.3 is 19.7 Å². The third-order valence-corrected chi connectivity index (χ3v) is 3.00. The van der Waals surface area contributed by atoms with Crippen LogP contribution in [-0.2, 0) is 0 Å². The largest absolute Gasteiger partial charge is 0.508 e. The lowest BCUT2D eigenvalue weighted by molar-refractivity contribution is 0.453. The molecule has 0 atom stereocenters. The van der Waals surface area contributed by atoms with Gasteiger partial charge in [0.1, 0.15) is 28.2 Å². The predicted octanol–water partition coefficient (Wildman–Crippen LogP) is 2.58. The molecule has 3 aromatic rings. The van der Waals surface area contributed by atoms with Gasteiger partial charge in [-0.25, -0.2) is 4.79 Å². The van der Waals surface area contributed by atoms with Gasteiger partial charge >= 0.3 is 5.63 Å². The number of hydrogen-bond acceptors (Lipinski definition) is 5. The number of rotatable bonds is 1. The Morgan fingerprint density at radius 3 is 2.15 bits per heavy atom. The van der Waals surface area contributed by atoms with E-state index in [4.69, 9.17) is 4.42 Å². The van der Waals surface area contributed by atoms with Crippen LogP contribution in [-0.4, -0.2) is 15.3 Å². The number of phenols is 2. The van der Waals surface area contributed by atoms with Crippen LogP contribution in [0, 0.1) is 0 Å². The Morgan fingerprint density at radius 1 is 0.800 bits per heavy atom. The van der Waals surface area contributed by atoms with Crippen molar-refractivity contribution in [1.82, 2.24) is 0 Å². The predicted molar refractivity (Wildman–Crippen MR) is 72.9 cm³/mol. The zero-order valence-electron chi connectivity index (χ0n) is 10.2. The SMILES string of the molecule is O=c1cc(O)c2c(O)cc(-c3ccc(O)cc3)cc2o1. The highest BCUT2D eigenvalue weighted by Gasteiger charge is 2.12. The van der Waals surface area contributed by atoms with Crippen molar-refractivity contribution in [3.63, 3.8) is 0 Å². The Balaban J connectivity index is 2.29. The summed E-state index contributed by atoms with van der Waals surface area (Å²) in [6.45, 7) is 0. The molecule has 5 heteroatoms. The molecule has 0 aliphatic carbocycles. The molecule has 0 fully saturated rings. The van der Waals surface area contributed by atoms with Crippen LogP contribution in [0.15, 0.2) is 51.7 Å². The lowest BCUT2D eigenvalue weighted by atomic mass is 10.0. The van der Waals surface area contributed by atoms with Gasteiger partial charge in [0.25, 0.3) is 0 Å². The van der Waals surface area contributed by atoms with Crippen LogP contribution in [0.3, 0.4) is 0 Å². The minimum atomic E-state index is -0.697. The molecule has 5 nitrogen and oxygen atoms in total. The van der Waals surface area contributed by atoms with Crippen molar-refractivity contribution in [3.8, 4) is 28.4 Å². The van der Waals surface area contributed by atoms with Gasteiger partial charge in [-0.05, 0) is 35.4 Å². The maximum atomic E-state index is 11.3. The fourth-order valence-electron chi connectivity index (χ4n) is 2.08. The lowest BCUT2D eigenvalue weighted by Crippen LogP contribution is -1.95. The van der Waals surface area contributed by atoms with Crippen LogP contribution in [0.2, 0.25) is 0 Å². The number of hydrogen-bond donors (Lipinski definition) is 3. The first-order valence-corrected chi connectivity index (χ1v) is 5.84. The number of fused-ring (bicyclic) bond motifs is 1. The van der Waals surface area contributed by atoms with Crippen LogP contribution < -0.4 is 5.63 Å². The van der Waals surface area contributed by atoms with Gasteiger partial charge in [-0.2, -0.15) is 0 Å². The number of aromatic hydroxyl groups is 3. The summed E-state index contributed by atoms with van der Waals surface area (Å²) in [5, 5.41) is 29.0. The van der Waals surface area contributed by atoms with E-state index < -0.39 is 5.63 Å². The van der Waals surface area contributed by atoms with E-state index >= 15 is 0 Å². The summed E-state index contributed by atoms with van der Waals surface area (Å²) < 4.78 is 4.98. The molecule has 0 aliphatic heterocycles. The highest BCUT2D eigenvalue weighted by molar-refractivity contribution is 5.92. The fraction of sp³-hybridized carbons (Fsp3) is 0. The van der Waals surface area contributed by atoms with Crippen molar-refractivity contribution >= 4 is 11.0 Å². The molecule has 0 saturated carbocycles. The molecule has 0 bridgehead atoms.